The van der Waals surface area contributed by atoms with Gasteiger partial charge in [-0.15, -0.1) is 11.3 Å². The highest BCUT2D eigenvalue weighted by Crippen LogP contribution is 2.37. The molecule has 0 fully saturated rings. The Bertz CT molecular complexity index is 1080. The molecule has 0 saturated heterocycles. The number of rotatable bonds is 7. The summed E-state index contributed by atoms with van der Waals surface area (Å²) in [6, 6.07) is 11.2. The largest absolute Gasteiger partial charge is 0.482 e. The van der Waals surface area contributed by atoms with Crippen molar-refractivity contribution in [3.63, 3.8) is 0 Å². The number of fused-ring (bicyclic) bond motifs is 1. The van der Waals surface area contributed by atoms with Crippen molar-refractivity contribution in [2.24, 2.45) is 5.92 Å². The summed E-state index contributed by atoms with van der Waals surface area (Å²) in [4.78, 5) is 35.2. The van der Waals surface area contributed by atoms with Crippen LogP contribution < -0.4 is 9.64 Å². The molecule has 1 aromatic carbocycles. The van der Waals surface area contributed by atoms with Crippen molar-refractivity contribution in [3.8, 4) is 27.7 Å². The number of hydrogen-bond donors (Lipinski definition) is 0. The van der Waals surface area contributed by atoms with Gasteiger partial charge in [0.15, 0.2) is 6.61 Å². The number of pyridine rings is 1. The van der Waals surface area contributed by atoms with E-state index in [1.807, 2.05) is 35.7 Å². The Balaban J connectivity index is 1.56. The molecule has 1 aliphatic heterocycles. The van der Waals surface area contributed by atoms with E-state index in [0.29, 0.717) is 24.0 Å². The monoisotopic (exact) mass is 437 g/mol. The van der Waals surface area contributed by atoms with Gasteiger partial charge in [-0.1, -0.05) is 19.9 Å². The maximum absolute atomic E-state index is 12.5. The summed E-state index contributed by atoms with van der Waals surface area (Å²) in [5.74, 6) is 0.282. The van der Waals surface area contributed by atoms with Crippen molar-refractivity contribution in [2.75, 3.05) is 24.7 Å². The third-order valence-electron chi connectivity index (χ3n) is 4.83. The number of carbonyl (C=O) groups is 2. The van der Waals surface area contributed by atoms with Gasteiger partial charge >= 0.3 is 5.97 Å². The second kappa shape index (κ2) is 9.26. The number of esters is 1. The lowest BCUT2D eigenvalue weighted by Crippen LogP contribution is -2.42. The molecule has 1 amide bonds. The summed E-state index contributed by atoms with van der Waals surface area (Å²) in [5.41, 5.74) is 2.95. The fourth-order valence-corrected chi connectivity index (χ4v) is 3.94. The number of ether oxygens (including phenoxy) is 2. The van der Waals surface area contributed by atoms with Gasteiger partial charge in [0, 0.05) is 17.1 Å². The Kier molecular flexibility index (Phi) is 6.27. The van der Waals surface area contributed by atoms with Gasteiger partial charge in [-0.25, -0.2) is 4.98 Å². The zero-order valence-corrected chi connectivity index (χ0v) is 18.2. The first kappa shape index (κ1) is 21.0. The van der Waals surface area contributed by atoms with Crippen LogP contribution in [-0.4, -0.2) is 41.6 Å². The molecule has 31 heavy (non-hydrogen) atoms. The van der Waals surface area contributed by atoms with Gasteiger partial charge in [-0.05, 0) is 42.7 Å². The van der Waals surface area contributed by atoms with Crippen LogP contribution in [0.15, 0.2) is 48.0 Å². The summed E-state index contributed by atoms with van der Waals surface area (Å²) in [5, 5.41) is 2.76. The van der Waals surface area contributed by atoms with Gasteiger partial charge in [0.2, 0.25) is 0 Å². The van der Waals surface area contributed by atoms with Gasteiger partial charge in [0.25, 0.3) is 5.91 Å². The lowest BCUT2D eigenvalue weighted by Gasteiger charge is -2.29. The Labute approximate surface area is 184 Å². The molecule has 3 aromatic rings. The zero-order chi connectivity index (χ0) is 21.8. The molecule has 1 aliphatic rings. The Morgan fingerprint density at radius 1 is 1.26 bits per heavy atom. The van der Waals surface area contributed by atoms with Crippen LogP contribution >= 0.6 is 11.3 Å². The maximum atomic E-state index is 12.5. The molecule has 160 valence electrons. The first-order chi connectivity index (χ1) is 15.0. The third kappa shape index (κ3) is 4.91. The van der Waals surface area contributed by atoms with Crippen LogP contribution in [0.25, 0.3) is 22.0 Å². The minimum atomic E-state index is -0.432. The molecule has 0 bridgehead atoms. The SMILES string of the molecule is CC(C)CCOC(=O)CN1C(=O)COc2ccc(-c3csc(-c4ccccn4)n3)cc21. The molecule has 3 heterocycles. The molecular formula is C23H23N3O4S. The highest BCUT2D eigenvalue weighted by Gasteiger charge is 2.28. The summed E-state index contributed by atoms with van der Waals surface area (Å²) in [6.07, 6.45) is 2.52. The van der Waals surface area contributed by atoms with Crippen LogP contribution in [0.2, 0.25) is 0 Å². The van der Waals surface area contributed by atoms with Crippen molar-refractivity contribution in [3.05, 3.63) is 48.0 Å². The molecule has 0 radical (unpaired) electrons. The van der Waals surface area contributed by atoms with Crippen LogP contribution in [0, 0.1) is 5.92 Å². The number of hydrogen-bond acceptors (Lipinski definition) is 7. The smallest absolute Gasteiger partial charge is 0.326 e. The first-order valence-corrected chi connectivity index (χ1v) is 11.0. The lowest BCUT2D eigenvalue weighted by atomic mass is 10.1. The second-order valence-corrected chi connectivity index (χ2v) is 8.47. The van der Waals surface area contributed by atoms with Crippen LogP contribution in [-0.2, 0) is 14.3 Å². The summed E-state index contributed by atoms with van der Waals surface area (Å²) < 4.78 is 10.8. The fourth-order valence-electron chi connectivity index (χ4n) is 3.13. The quantitative estimate of drug-likeness (QED) is 0.516. The molecule has 7 nitrogen and oxygen atoms in total. The molecule has 4 rings (SSSR count). The van der Waals surface area contributed by atoms with E-state index in [1.165, 1.54) is 16.2 Å². The van der Waals surface area contributed by atoms with Crippen molar-refractivity contribution in [1.29, 1.82) is 0 Å². The van der Waals surface area contributed by atoms with E-state index in [4.69, 9.17) is 9.47 Å². The summed E-state index contributed by atoms with van der Waals surface area (Å²) in [6.45, 7) is 4.22. The standard InChI is InChI=1S/C23H23N3O4S/c1-15(2)8-10-29-22(28)12-26-19-11-16(6-7-20(19)30-13-21(26)27)18-14-31-23(25-18)17-5-3-4-9-24-17/h3-7,9,11,14-15H,8,10,12-13H2,1-2H3. The van der Waals surface area contributed by atoms with Crippen molar-refractivity contribution < 1.29 is 19.1 Å². The average Bonchev–Trinajstić information content (AvgIpc) is 3.26. The predicted molar refractivity (Wildman–Crippen MR) is 119 cm³/mol. The molecule has 0 unspecified atom stereocenters. The van der Waals surface area contributed by atoms with E-state index in [0.717, 1.165) is 28.4 Å². The maximum Gasteiger partial charge on any atom is 0.326 e. The topological polar surface area (TPSA) is 81.6 Å². The van der Waals surface area contributed by atoms with E-state index in [-0.39, 0.29) is 19.1 Å². The molecule has 0 spiro atoms. The van der Waals surface area contributed by atoms with Gasteiger partial charge < -0.3 is 9.47 Å². The summed E-state index contributed by atoms with van der Waals surface area (Å²) in [7, 11) is 0. The lowest BCUT2D eigenvalue weighted by molar-refractivity contribution is -0.143. The summed E-state index contributed by atoms with van der Waals surface area (Å²) >= 11 is 1.50. The van der Waals surface area contributed by atoms with E-state index in [1.54, 1.807) is 12.3 Å². The van der Waals surface area contributed by atoms with E-state index < -0.39 is 5.97 Å². The Hall–Kier alpha value is -3.26. The van der Waals surface area contributed by atoms with Gasteiger partial charge in [-0.3, -0.25) is 19.5 Å². The average molecular weight is 438 g/mol. The Morgan fingerprint density at radius 2 is 2.13 bits per heavy atom. The van der Waals surface area contributed by atoms with E-state index in [9.17, 15) is 9.59 Å². The number of thiazole rings is 1. The molecular weight excluding hydrogens is 414 g/mol. The van der Waals surface area contributed by atoms with E-state index >= 15 is 0 Å². The number of carbonyl (C=O) groups excluding carboxylic acids is 2. The molecule has 0 saturated carbocycles. The van der Waals surface area contributed by atoms with Crippen molar-refractivity contribution >= 4 is 28.9 Å². The number of anilines is 1. The third-order valence-corrected chi connectivity index (χ3v) is 5.70. The highest BCUT2D eigenvalue weighted by atomic mass is 32.1. The van der Waals surface area contributed by atoms with Gasteiger partial charge in [0.05, 0.1) is 23.7 Å². The molecule has 8 heteroatoms. The first-order valence-electron chi connectivity index (χ1n) is 10.1. The zero-order valence-electron chi connectivity index (χ0n) is 17.4. The second-order valence-electron chi connectivity index (χ2n) is 7.61. The molecule has 0 N–H and O–H groups in total. The van der Waals surface area contributed by atoms with Crippen LogP contribution in [0.1, 0.15) is 20.3 Å². The molecule has 0 aliphatic carbocycles. The minimum absolute atomic E-state index is 0.105. The van der Waals surface area contributed by atoms with Gasteiger partial charge in [0.1, 0.15) is 17.3 Å². The van der Waals surface area contributed by atoms with Crippen LogP contribution in [0.4, 0.5) is 5.69 Å². The number of nitrogens with zero attached hydrogens (tertiary/aromatic N) is 3. The van der Waals surface area contributed by atoms with Crippen LogP contribution in [0.3, 0.4) is 0 Å². The highest BCUT2D eigenvalue weighted by molar-refractivity contribution is 7.13. The Morgan fingerprint density at radius 3 is 2.90 bits per heavy atom. The van der Waals surface area contributed by atoms with E-state index in [2.05, 4.69) is 23.8 Å². The number of aromatic nitrogens is 2. The van der Waals surface area contributed by atoms with Crippen molar-refractivity contribution in [1.82, 2.24) is 9.97 Å². The van der Waals surface area contributed by atoms with Crippen LogP contribution in [0.5, 0.6) is 5.75 Å². The normalized spacial score (nSPS) is 13.1. The predicted octanol–water partition coefficient (Wildman–Crippen LogP) is 4.19. The molecule has 0 atom stereocenters. The molecule has 2 aromatic heterocycles. The number of amides is 1. The fraction of sp³-hybridized carbons (Fsp3) is 0.304. The van der Waals surface area contributed by atoms with Gasteiger partial charge in [-0.2, -0.15) is 0 Å². The minimum Gasteiger partial charge on any atom is -0.482 e. The van der Waals surface area contributed by atoms with Crippen molar-refractivity contribution in [2.45, 2.75) is 20.3 Å². The number of benzene rings is 1.